The van der Waals surface area contributed by atoms with Crippen LogP contribution in [0.3, 0.4) is 0 Å². The summed E-state index contributed by atoms with van der Waals surface area (Å²) in [5, 5.41) is 0. The van der Waals surface area contributed by atoms with E-state index in [1.54, 1.807) is 0 Å². The molecule has 0 amide bonds. The summed E-state index contributed by atoms with van der Waals surface area (Å²) >= 11 is 2.45. The molecule has 92 valence electrons. The monoisotopic (exact) mass is 268 g/mol. The Hall–Kier alpha value is -0.740. The molecule has 0 fully saturated rings. The van der Waals surface area contributed by atoms with Crippen molar-refractivity contribution in [3.8, 4) is 0 Å². The normalized spacial score (nSPS) is 10.2. The molecule has 1 rings (SSSR count). The summed E-state index contributed by atoms with van der Waals surface area (Å²) in [4.78, 5) is 23.6. The second kappa shape index (κ2) is 7.56. The fourth-order valence-corrected chi connectivity index (χ4v) is 2.89. The highest BCUT2D eigenvalue weighted by molar-refractivity contribution is 8.38. The molecule has 0 aliphatic heterocycles. The lowest BCUT2D eigenvalue weighted by molar-refractivity contribution is -0.118. The lowest BCUT2D eigenvalue weighted by Crippen LogP contribution is -1.97. The number of aryl methyl sites for hydroxylation is 1. The summed E-state index contributed by atoms with van der Waals surface area (Å²) in [6, 6.07) is 7.85. The summed E-state index contributed by atoms with van der Waals surface area (Å²) in [6.07, 6.45) is 1.04. The Labute approximate surface area is 111 Å². The maximum absolute atomic E-state index is 11.6. The van der Waals surface area contributed by atoms with Crippen LogP contribution in [0.15, 0.2) is 29.2 Å². The lowest BCUT2D eigenvalue weighted by atomic mass is 10.2. The van der Waals surface area contributed by atoms with Gasteiger partial charge in [0.25, 0.3) is 4.45 Å². The van der Waals surface area contributed by atoms with Crippen molar-refractivity contribution in [2.24, 2.45) is 0 Å². The number of carbonyl (C=O) groups excluding carboxylic acids is 2. The number of rotatable bonds is 5. The van der Waals surface area contributed by atoms with Crippen molar-refractivity contribution in [1.29, 1.82) is 0 Å². The highest BCUT2D eigenvalue weighted by Gasteiger charge is 2.06. The van der Waals surface area contributed by atoms with Crippen molar-refractivity contribution in [2.75, 3.05) is 5.75 Å². The van der Waals surface area contributed by atoms with E-state index in [0.717, 1.165) is 4.90 Å². The average Bonchev–Trinajstić information content (AvgIpc) is 2.32. The van der Waals surface area contributed by atoms with Crippen LogP contribution in [-0.4, -0.2) is 16.0 Å². The minimum atomic E-state index is 0.0535. The molecular formula is C13H16O2S2. The van der Waals surface area contributed by atoms with Gasteiger partial charge in [0, 0.05) is 23.5 Å². The van der Waals surface area contributed by atoms with Crippen LogP contribution in [0.5, 0.6) is 0 Å². The molecule has 0 bridgehead atoms. The van der Waals surface area contributed by atoms with Crippen molar-refractivity contribution in [1.82, 2.24) is 0 Å². The average molecular weight is 268 g/mol. The smallest absolute Gasteiger partial charge is 0.250 e. The highest BCUT2D eigenvalue weighted by Crippen LogP contribution is 2.26. The molecule has 0 aromatic heterocycles. The quantitative estimate of drug-likeness (QED) is 0.745. The molecular weight excluding hydrogens is 252 g/mol. The van der Waals surface area contributed by atoms with Crippen molar-refractivity contribution >= 4 is 33.8 Å². The number of carbonyl (C=O) groups is 2. The second-order valence-corrected chi connectivity index (χ2v) is 6.03. The van der Waals surface area contributed by atoms with Crippen LogP contribution >= 0.6 is 23.5 Å². The number of Topliss-reactive ketones (excluding diaryl/α,β-unsaturated/α-hetero) is 1. The Morgan fingerprint density at radius 1 is 1.18 bits per heavy atom. The van der Waals surface area contributed by atoms with Gasteiger partial charge in [0.2, 0.25) is 0 Å². The Kier molecular flexibility index (Phi) is 6.37. The van der Waals surface area contributed by atoms with E-state index in [9.17, 15) is 9.59 Å². The van der Waals surface area contributed by atoms with Gasteiger partial charge in [-0.1, -0.05) is 36.4 Å². The fourth-order valence-electron chi connectivity index (χ4n) is 1.16. The first-order valence-corrected chi connectivity index (χ1v) is 7.35. The Morgan fingerprint density at radius 2 is 1.82 bits per heavy atom. The molecule has 2 nitrogen and oxygen atoms in total. The van der Waals surface area contributed by atoms with Gasteiger partial charge in [-0.25, -0.2) is 0 Å². The van der Waals surface area contributed by atoms with Crippen LogP contribution < -0.4 is 0 Å². The topological polar surface area (TPSA) is 34.1 Å². The van der Waals surface area contributed by atoms with E-state index in [-0.39, 0.29) is 10.2 Å². The first-order valence-electron chi connectivity index (χ1n) is 5.54. The summed E-state index contributed by atoms with van der Waals surface area (Å²) < 4.78 is 0.0535. The highest BCUT2D eigenvalue weighted by atomic mass is 32.2. The summed E-state index contributed by atoms with van der Waals surface area (Å²) in [6.45, 7) is 3.86. The van der Waals surface area contributed by atoms with E-state index >= 15 is 0 Å². The van der Waals surface area contributed by atoms with Gasteiger partial charge < -0.3 is 0 Å². The molecule has 17 heavy (non-hydrogen) atoms. The molecule has 0 aliphatic carbocycles. The van der Waals surface area contributed by atoms with Gasteiger partial charge in [0.05, 0.1) is 0 Å². The molecule has 1 aromatic rings. The number of benzene rings is 1. The fraction of sp³-hybridized carbons (Fsp3) is 0.385. The number of hydrogen-bond acceptors (Lipinski definition) is 4. The van der Waals surface area contributed by atoms with Crippen molar-refractivity contribution in [2.45, 2.75) is 31.6 Å². The van der Waals surface area contributed by atoms with Gasteiger partial charge in [-0.2, -0.15) is 0 Å². The van der Waals surface area contributed by atoms with Gasteiger partial charge in [0.1, 0.15) is 5.78 Å². The minimum Gasteiger partial charge on any atom is -0.300 e. The van der Waals surface area contributed by atoms with E-state index in [1.807, 2.05) is 38.1 Å². The van der Waals surface area contributed by atoms with Gasteiger partial charge in [0.15, 0.2) is 0 Å². The largest absolute Gasteiger partial charge is 0.300 e. The maximum Gasteiger partial charge on any atom is 0.250 e. The number of thioether (sulfide) groups is 2. The molecule has 1 aromatic carbocycles. The van der Waals surface area contributed by atoms with Crippen molar-refractivity contribution in [3.63, 3.8) is 0 Å². The van der Waals surface area contributed by atoms with Crippen LogP contribution in [0, 0.1) is 6.92 Å². The number of hydrogen-bond donors (Lipinski definition) is 0. The van der Waals surface area contributed by atoms with E-state index in [4.69, 9.17) is 0 Å². The third-order valence-electron chi connectivity index (χ3n) is 2.22. The summed E-state index contributed by atoms with van der Waals surface area (Å²) in [5.41, 5.74) is 1.18. The number of ketones is 1. The Morgan fingerprint density at radius 3 is 2.41 bits per heavy atom. The zero-order chi connectivity index (χ0) is 12.7. The Balaban J connectivity index is 2.30. The standard InChI is InChI=1S/C13H16O2S2/c1-3-11(14)8-9-16-13(15)17-12-6-4-10(2)5-7-12/h4-7H,3,8-9H2,1-2H3. The molecule has 4 heteroatoms. The zero-order valence-electron chi connectivity index (χ0n) is 10.1. The van der Waals surface area contributed by atoms with Crippen LogP contribution in [0.1, 0.15) is 25.3 Å². The first-order chi connectivity index (χ1) is 8.11. The molecule has 0 heterocycles. The third-order valence-corrected chi connectivity index (χ3v) is 4.14. The first kappa shape index (κ1) is 14.3. The second-order valence-electron chi connectivity index (χ2n) is 3.66. The SMILES string of the molecule is CCC(=O)CCSC(=O)Sc1ccc(C)cc1. The van der Waals surface area contributed by atoms with E-state index in [0.29, 0.717) is 18.6 Å². The van der Waals surface area contributed by atoms with E-state index < -0.39 is 0 Å². The summed E-state index contributed by atoms with van der Waals surface area (Å²) in [7, 11) is 0. The molecule has 0 unspecified atom stereocenters. The molecule has 0 spiro atoms. The summed E-state index contributed by atoms with van der Waals surface area (Å²) in [5.74, 6) is 0.801. The lowest BCUT2D eigenvalue weighted by Gasteiger charge is -2.00. The predicted molar refractivity (Wildman–Crippen MR) is 74.8 cm³/mol. The zero-order valence-corrected chi connectivity index (χ0v) is 11.7. The van der Waals surface area contributed by atoms with Crippen LogP contribution in [0.25, 0.3) is 0 Å². The van der Waals surface area contributed by atoms with E-state index in [2.05, 4.69) is 0 Å². The van der Waals surface area contributed by atoms with Crippen LogP contribution in [0.2, 0.25) is 0 Å². The molecule has 0 radical (unpaired) electrons. The molecule has 0 saturated carbocycles. The van der Waals surface area contributed by atoms with Gasteiger partial charge in [-0.3, -0.25) is 9.59 Å². The van der Waals surface area contributed by atoms with Gasteiger partial charge >= 0.3 is 0 Å². The third kappa shape index (κ3) is 5.94. The molecule has 0 saturated heterocycles. The maximum atomic E-state index is 11.6. The molecule has 0 N–H and O–H groups in total. The van der Waals surface area contributed by atoms with Crippen LogP contribution in [-0.2, 0) is 4.79 Å². The van der Waals surface area contributed by atoms with Gasteiger partial charge in [-0.05, 0) is 30.8 Å². The molecule has 0 atom stereocenters. The predicted octanol–water partition coefficient (Wildman–Crippen LogP) is 4.31. The van der Waals surface area contributed by atoms with Crippen molar-refractivity contribution < 1.29 is 9.59 Å². The van der Waals surface area contributed by atoms with E-state index in [1.165, 1.54) is 29.1 Å². The van der Waals surface area contributed by atoms with Crippen molar-refractivity contribution in [3.05, 3.63) is 29.8 Å². The minimum absolute atomic E-state index is 0.0535. The molecule has 0 aliphatic rings. The van der Waals surface area contributed by atoms with Crippen LogP contribution in [0.4, 0.5) is 4.79 Å². The Bertz CT molecular complexity index is 385. The van der Waals surface area contributed by atoms with Gasteiger partial charge in [-0.15, -0.1) is 0 Å².